The molecule has 3 N–H and O–H groups in total. The first kappa shape index (κ1) is 23.7. The fraction of sp³-hybridized carbons (Fsp3) is 0.318. The molecular weight excluding hydrogens is 491 g/mol. The van der Waals surface area contributed by atoms with Gasteiger partial charge in [-0.15, -0.1) is 24.0 Å². The Kier molecular flexibility index (Phi) is 9.10. The number of hydrogen-bond donors (Lipinski definition) is 3. The third kappa shape index (κ3) is 6.45. The normalized spacial score (nSPS) is 11.1. The number of guanidine groups is 1. The molecule has 160 valence electrons. The van der Waals surface area contributed by atoms with Gasteiger partial charge in [-0.25, -0.2) is 4.98 Å². The van der Waals surface area contributed by atoms with Crippen LogP contribution in [0.1, 0.15) is 21.7 Å². The molecule has 0 aliphatic carbocycles. The second kappa shape index (κ2) is 11.5. The Hall–Kier alpha value is -2.62. The van der Waals surface area contributed by atoms with Crippen molar-refractivity contribution < 1.29 is 4.79 Å². The molecule has 8 heteroatoms. The zero-order chi connectivity index (χ0) is 20.6. The Morgan fingerprint density at radius 2 is 1.80 bits per heavy atom. The summed E-state index contributed by atoms with van der Waals surface area (Å²) in [6.45, 7) is 1.45. The number of amides is 1. The Morgan fingerprint density at radius 3 is 2.50 bits per heavy atom. The number of fused-ring (bicyclic) bond motifs is 1. The molecule has 0 saturated carbocycles. The molecule has 0 bridgehead atoms. The standard InChI is InChI=1S/C22H28N6O.HI/c1-23-22(25-14-12-20-26-18-9-4-5-10-19(18)27-20)24-13-11-16-7-6-8-17(15-16)21(29)28(2)3;/h4-10,15H,11-14H2,1-3H3,(H,26,27)(H2,23,24,25);1H. The number of imidazole rings is 1. The van der Waals surface area contributed by atoms with E-state index < -0.39 is 0 Å². The molecule has 1 heterocycles. The Balaban J connectivity index is 0.00000320. The highest BCUT2D eigenvalue weighted by molar-refractivity contribution is 14.0. The van der Waals surface area contributed by atoms with Gasteiger partial charge in [-0.05, 0) is 36.2 Å². The number of aromatic amines is 1. The molecule has 3 rings (SSSR count). The van der Waals surface area contributed by atoms with E-state index in [2.05, 4.69) is 25.6 Å². The third-order valence-corrected chi connectivity index (χ3v) is 4.60. The van der Waals surface area contributed by atoms with Gasteiger partial charge in [-0.1, -0.05) is 24.3 Å². The molecule has 2 aromatic carbocycles. The van der Waals surface area contributed by atoms with E-state index in [-0.39, 0.29) is 29.9 Å². The van der Waals surface area contributed by atoms with Gasteiger partial charge in [-0.3, -0.25) is 9.79 Å². The quantitative estimate of drug-likeness (QED) is 0.254. The van der Waals surface area contributed by atoms with Crippen LogP contribution in [-0.2, 0) is 12.8 Å². The second-order valence-electron chi connectivity index (χ2n) is 7.03. The predicted molar refractivity (Wildman–Crippen MR) is 133 cm³/mol. The number of halogens is 1. The van der Waals surface area contributed by atoms with Gasteiger partial charge in [0.2, 0.25) is 0 Å². The first-order chi connectivity index (χ1) is 14.1. The summed E-state index contributed by atoms with van der Waals surface area (Å²) in [6, 6.07) is 15.8. The van der Waals surface area contributed by atoms with Crippen LogP contribution in [0.15, 0.2) is 53.5 Å². The minimum atomic E-state index is 0. The van der Waals surface area contributed by atoms with Crippen molar-refractivity contribution in [3.8, 4) is 0 Å². The summed E-state index contributed by atoms with van der Waals surface area (Å²) in [5.41, 5.74) is 3.86. The lowest BCUT2D eigenvalue weighted by Crippen LogP contribution is -2.39. The molecule has 0 aliphatic rings. The molecule has 0 spiro atoms. The Morgan fingerprint density at radius 1 is 1.07 bits per heavy atom. The third-order valence-electron chi connectivity index (χ3n) is 4.60. The smallest absolute Gasteiger partial charge is 0.253 e. The van der Waals surface area contributed by atoms with E-state index in [1.165, 1.54) is 0 Å². The molecule has 0 unspecified atom stereocenters. The summed E-state index contributed by atoms with van der Waals surface area (Å²) in [5.74, 6) is 1.72. The van der Waals surface area contributed by atoms with Crippen LogP contribution in [0.4, 0.5) is 0 Å². The number of para-hydroxylation sites is 2. The number of aromatic nitrogens is 2. The van der Waals surface area contributed by atoms with Gasteiger partial charge in [-0.2, -0.15) is 0 Å². The number of carbonyl (C=O) groups is 1. The number of aliphatic imine (C=N–C) groups is 1. The van der Waals surface area contributed by atoms with Gasteiger partial charge >= 0.3 is 0 Å². The molecule has 3 aromatic rings. The zero-order valence-electron chi connectivity index (χ0n) is 17.6. The molecule has 30 heavy (non-hydrogen) atoms. The van der Waals surface area contributed by atoms with E-state index in [0.29, 0.717) is 5.56 Å². The van der Waals surface area contributed by atoms with E-state index in [4.69, 9.17) is 0 Å². The van der Waals surface area contributed by atoms with Crippen LogP contribution >= 0.6 is 24.0 Å². The van der Waals surface area contributed by atoms with Gasteiger partial charge in [0.15, 0.2) is 5.96 Å². The van der Waals surface area contributed by atoms with E-state index in [9.17, 15) is 4.79 Å². The van der Waals surface area contributed by atoms with Gasteiger partial charge in [0.1, 0.15) is 5.82 Å². The largest absolute Gasteiger partial charge is 0.356 e. The average molecular weight is 520 g/mol. The van der Waals surface area contributed by atoms with E-state index in [0.717, 1.165) is 54.3 Å². The Bertz CT molecular complexity index is 965. The lowest BCUT2D eigenvalue weighted by Gasteiger charge is -2.13. The highest BCUT2D eigenvalue weighted by atomic mass is 127. The first-order valence-electron chi connectivity index (χ1n) is 9.75. The van der Waals surface area contributed by atoms with Crippen molar-refractivity contribution in [2.45, 2.75) is 12.8 Å². The summed E-state index contributed by atoms with van der Waals surface area (Å²) >= 11 is 0. The van der Waals surface area contributed by atoms with Gasteiger partial charge in [0, 0.05) is 46.2 Å². The maximum Gasteiger partial charge on any atom is 0.253 e. The maximum absolute atomic E-state index is 12.1. The van der Waals surface area contributed by atoms with Crippen LogP contribution in [0.3, 0.4) is 0 Å². The SMILES string of the molecule is CN=C(NCCc1cccc(C(=O)N(C)C)c1)NCCc1nc2ccccc2[nH]1.I. The molecule has 7 nitrogen and oxygen atoms in total. The molecule has 0 fully saturated rings. The summed E-state index contributed by atoms with van der Waals surface area (Å²) in [4.78, 5) is 25.9. The minimum absolute atomic E-state index is 0. The first-order valence-corrected chi connectivity index (χ1v) is 9.75. The Labute approximate surface area is 194 Å². The highest BCUT2D eigenvalue weighted by Gasteiger charge is 2.08. The highest BCUT2D eigenvalue weighted by Crippen LogP contribution is 2.10. The number of benzene rings is 2. The van der Waals surface area contributed by atoms with Crippen LogP contribution in [-0.4, -0.2) is 61.0 Å². The van der Waals surface area contributed by atoms with Crippen LogP contribution in [0.5, 0.6) is 0 Å². The van der Waals surface area contributed by atoms with Crippen LogP contribution < -0.4 is 10.6 Å². The lowest BCUT2D eigenvalue weighted by atomic mass is 10.1. The van der Waals surface area contributed by atoms with E-state index in [1.807, 2.05) is 48.5 Å². The van der Waals surface area contributed by atoms with Gasteiger partial charge < -0.3 is 20.5 Å². The number of nitrogens with zero attached hydrogens (tertiary/aromatic N) is 3. The lowest BCUT2D eigenvalue weighted by molar-refractivity contribution is 0.0827. The average Bonchev–Trinajstić information content (AvgIpc) is 3.15. The number of rotatable bonds is 7. The number of H-pyrrole nitrogens is 1. The van der Waals surface area contributed by atoms with E-state index >= 15 is 0 Å². The maximum atomic E-state index is 12.1. The zero-order valence-corrected chi connectivity index (χ0v) is 19.9. The summed E-state index contributed by atoms with van der Waals surface area (Å²) in [6.07, 6.45) is 1.59. The van der Waals surface area contributed by atoms with Crippen LogP contribution in [0.25, 0.3) is 11.0 Å². The van der Waals surface area contributed by atoms with Crippen molar-refractivity contribution in [1.82, 2.24) is 25.5 Å². The van der Waals surface area contributed by atoms with Crippen molar-refractivity contribution in [1.29, 1.82) is 0 Å². The number of hydrogen-bond acceptors (Lipinski definition) is 3. The van der Waals surface area contributed by atoms with Crippen molar-refractivity contribution in [3.63, 3.8) is 0 Å². The van der Waals surface area contributed by atoms with E-state index in [1.54, 1.807) is 26.0 Å². The monoisotopic (exact) mass is 520 g/mol. The molecule has 0 radical (unpaired) electrons. The minimum Gasteiger partial charge on any atom is -0.356 e. The van der Waals surface area contributed by atoms with Crippen LogP contribution in [0.2, 0.25) is 0 Å². The topological polar surface area (TPSA) is 85.4 Å². The molecule has 0 atom stereocenters. The molecule has 0 saturated heterocycles. The molecule has 0 aliphatic heterocycles. The predicted octanol–water partition coefficient (Wildman–Crippen LogP) is 2.83. The summed E-state index contributed by atoms with van der Waals surface area (Å²) in [7, 11) is 5.28. The van der Waals surface area contributed by atoms with Crippen molar-refractivity contribution in [2.24, 2.45) is 4.99 Å². The summed E-state index contributed by atoms with van der Waals surface area (Å²) < 4.78 is 0. The summed E-state index contributed by atoms with van der Waals surface area (Å²) in [5, 5.41) is 6.63. The molecule has 1 aromatic heterocycles. The number of nitrogens with one attached hydrogen (secondary N) is 3. The van der Waals surface area contributed by atoms with Crippen molar-refractivity contribution >= 4 is 46.9 Å². The van der Waals surface area contributed by atoms with Crippen molar-refractivity contribution in [3.05, 3.63) is 65.5 Å². The number of carbonyl (C=O) groups excluding carboxylic acids is 1. The molecule has 1 amide bonds. The van der Waals surface area contributed by atoms with Crippen LogP contribution in [0, 0.1) is 0 Å². The van der Waals surface area contributed by atoms with Gasteiger partial charge in [0.05, 0.1) is 11.0 Å². The van der Waals surface area contributed by atoms with Gasteiger partial charge in [0.25, 0.3) is 5.91 Å². The fourth-order valence-electron chi connectivity index (χ4n) is 3.09. The molecular formula is C22H29IN6O. The fourth-order valence-corrected chi connectivity index (χ4v) is 3.09. The second-order valence-corrected chi connectivity index (χ2v) is 7.03. The van der Waals surface area contributed by atoms with Crippen molar-refractivity contribution in [2.75, 3.05) is 34.2 Å².